The number of hydrogen-bond donors (Lipinski definition) is 1. The average molecular weight is 384 g/mol. The summed E-state index contributed by atoms with van der Waals surface area (Å²) in [5.41, 5.74) is 9.54. The van der Waals surface area contributed by atoms with Crippen molar-refractivity contribution in [3.63, 3.8) is 0 Å². The molecule has 2 heterocycles. The van der Waals surface area contributed by atoms with Gasteiger partial charge in [-0.25, -0.2) is 9.97 Å². The maximum Gasteiger partial charge on any atom is 0.186 e. The van der Waals surface area contributed by atoms with E-state index in [0.29, 0.717) is 39.3 Å². The van der Waals surface area contributed by atoms with Gasteiger partial charge in [-0.2, -0.15) is 5.10 Å². The first-order valence-electron chi connectivity index (χ1n) is 8.02. The number of rotatable bonds is 3. The first-order chi connectivity index (χ1) is 12.5. The van der Waals surface area contributed by atoms with Gasteiger partial charge in [-0.15, -0.1) is 0 Å². The molecule has 0 saturated carbocycles. The number of nitrogens with two attached hydrogens (primary N) is 1. The molecule has 2 aromatic heterocycles. The molecule has 26 heavy (non-hydrogen) atoms. The molecule has 0 aliphatic rings. The lowest BCUT2D eigenvalue weighted by Crippen LogP contribution is -2.01. The van der Waals surface area contributed by atoms with E-state index in [2.05, 4.69) is 15.1 Å². The third-order valence-corrected chi connectivity index (χ3v) is 4.86. The van der Waals surface area contributed by atoms with E-state index in [0.717, 1.165) is 11.1 Å². The van der Waals surface area contributed by atoms with Crippen molar-refractivity contribution in [3.05, 3.63) is 69.8 Å². The molecule has 7 heteroatoms. The fourth-order valence-corrected chi connectivity index (χ4v) is 3.25. The van der Waals surface area contributed by atoms with Gasteiger partial charge in [0.2, 0.25) is 0 Å². The summed E-state index contributed by atoms with van der Waals surface area (Å²) < 4.78 is 1.72. The Morgan fingerprint density at radius 3 is 2.38 bits per heavy atom. The van der Waals surface area contributed by atoms with Crippen LogP contribution in [0.5, 0.6) is 0 Å². The van der Waals surface area contributed by atoms with Gasteiger partial charge in [0.1, 0.15) is 5.82 Å². The van der Waals surface area contributed by atoms with Gasteiger partial charge in [-0.1, -0.05) is 59.1 Å². The van der Waals surface area contributed by atoms with E-state index < -0.39 is 0 Å². The molecule has 0 amide bonds. The lowest BCUT2D eigenvalue weighted by molar-refractivity contribution is 0.693. The molecule has 5 nitrogen and oxygen atoms in total. The Morgan fingerprint density at radius 1 is 1.00 bits per heavy atom. The Balaban J connectivity index is 1.75. The topological polar surface area (TPSA) is 69.6 Å². The smallest absolute Gasteiger partial charge is 0.186 e. The van der Waals surface area contributed by atoms with Crippen molar-refractivity contribution in [2.75, 3.05) is 5.73 Å². The monoisotopic (exact) mass is 383 g/mol. The zero-order valence-electron chi connectivity index (χ0n) is 13.9. The van der Waals surface area contributed by atoms with Crippen molar-refractivity contribution in [1.29, 1.82) is 0 Å². The molecule has 0 radical (unpaired) electrons. The second kappa shape index (κ2) is 6.59. The zero-order valence-corrected chi connectivity index (χ0v) is 15.5. The molecule has 2 aromatic carbocycles. The molecule has 0 spiro atoms. The van der Waals surface area contributed by atoms with Crippen LogP contribution in [0.1, 0.15) is 11.1 Å². The molecule has 4 aromatic rings. The van der Waals surface area contributed by atoms with Crippen molar-refractivity contribution < 1.29 is 0 Å². The molecule has 0 aliphatic carbocycles. The fraction of sp³-hybridized carbons (Fsp3) is 0.105. The SMILES string of the molecule is Cc1ccc(-c2nc(N)c3cn(Cc4c(Cl)cccc4Cl)nc3n2)cc1. The van der Waals surface area contributed by atoms with Crippen molar-refractivity contribution in [1.82, 2.24) is 19.7 Å². The van der Waals surface area contributed by atoms with Crippen LogP contribution in [0.25, 0.3) is 22.4 Å². The van der Waals surface area contributed by atoms with E-state index >= 15 is 0 Å². The van der Waals surface area contributed by atoms with E-state index in [1.165, 1.54) is 5.56 Å². The van der Waals surface area contributed by atoms with Crippen LogP contribution in [0.4, 0.5) is 5.82 Å². The molecule has 0 unspecified atom stereocenters. The molecular weight excluding hydrogens is 369 g/mol. The number of halogens is 2. The van der Waals surface area contributed by atoms with Gasteiger partial charge in [-0.3, -0.25) is 4.68 Å². The number of aromatic nitrogens is 4. The maximum atomic E-state index is 6.25. The summed E-state index contributed by atoms with van der Waals surface area (Å²) in [7, 11) is 0. The second-order valence-electron chi connectivity index (χ2n) is 6.06. The van der Waals surface area contributed by atoms with Crippen LogP contribution in [0.15, 0.2) is 48.7 Å². The van der Waals surface area contributed by atoms with Crippen molar-refractivity contribution in [3.8, 4) is 11.4 Å². The maximum absolute atomic E-state index is 6.25. The van der Waals surface area contributed by atoms with Crippen molar-refractivity contribution in [2.24, 2.45) is 0 Å². The molecule has 0 atom stereocenters. The minimum Gasteiger partial charge on any atom is -0.383 e. The van der Waals surface area contributed by atoms with E-state index in [4.69, 9.17) is 28.9 Å². The number of fused-ring (bicyclic) bond motifs is 1. The van der Waals surface area contributed by atoms with Gasteiger partial charge in [0.05, 0.1) is 11.9 Å². The van der Waals surface area contributed by atoms with Gasteiger partial charge in [0.15, 0.2) is 11.5 Å². The van der Waals surface area contributed by atoms with E-state index in [-0.39, 0.29) is 0 Å². The quantitative estimate of drug-likeness (QED) is 0.554. The number of nitrogens with zero attached hydrogens (tertiary/aromatic N) is 4. The third kappa shape index (κ3) is 3.11. The molecule has 0 bridgehead atoms. The summed E-state index contributed by atoms with van der Waals surface area (Å²) in [5.74, 6) is 0.943. The summed E-state index contributed by atoms with van der Waals surface area (Å²) in [5, 5.41) is 6.41. The van der Waals surface area contributed by atoms with Gasteiger partial charge >= 0.3 is 0 Å². The summed E-state index contributed by atoms with van der Waals surface area (Å²) in [6.07, 6.45) is 1.81. The van der Waals surface area contributed by atoms with Crippen LogP contribution in [-0.2, 0) is 6.54 Å². The molecule has 0 saturated heterocycles. The molecular formula is C19H15Cl2N5. The lowest BCUT2D eigenvalue weighted by atomic mass is 10.1. The molecule has 2 N–H and O–H groups in total. The summed E-state index contributed by atoms with van der Waals surface area (Å²) in [6, 6.07) is 13.4. The number of hydrogen-bond acceptors (Lipinski definition) is 4. The van der Waals surface area contributed by atoms with E-state index in [1.807, 2.05) is 43.5 Å². The summed E-state index contributed by atoms with van der Waals surface area (Å²) in [6.45, 7) is 2.46. The molecule has 0 aliphatic heterocycles. The summed E-state index contributed by atoms with van der Waals surface area (Å²) >= 11 is 12.5. The van der Waals surface area contributed by atoms with Crippen LogP contribution < -0.4 is 5.73 Å². The Hall–Kier alpha value is -2.63. The lowest BCUT2D eigenvalue weighted by Gasteiger charge is -2.06. The number of aryl methyl sites for hydroxylation is 1. The van der Waals surface area contributed by atoms with Crippen LogP contribution in [-0.4, -0.2) is 19.7 Å². The van der Waals surface area contributed by atoms with Gasteiger partial charge < -0.3 is 5.73 Å². The van der Waals surface area contributed by atoms with Crippen LogP contribution in [0, 0.1) is 6.92 Å². The Morgan fingerprint density at radius 2 is 1.69 bits per heavy atom. The number of nitrogen functional groups attached to an aromatic ring is 1. The highest BCUT2D eigenvalue weighted by Gasteiger charge is 2.13. The second-order valence-corrected chi connectivity index (χ2v) is 6.88. The third-order valence-electron chi connectivity index (χ3n) is 4.15. The van der Waals surface area contributed by atoms with Gasteiger partial charge in [-0.05, 0) is 19.1 Å². The van der Waals surface area contributed by atoms with E-state index in [1.54, 1.807) is 16.8 Å². The Kier molecular flexibility index (Phi) is 4.26. The minimum absolute atomic E-state index is 0.391. The van der Waals surface area contributed by atoms with Gasteiger partial charge in [0.25, 0.3) is 0 Å². The largest absolute Gasteiger partial charge is 0.383 e. The highest BCUT2D eigenvalue weighted by atomic mass is 35.5. The van der Waals surface area contributed by atoms with Crippen LogP contribution in [0.3, 0.4) is 0 Å². The van der Waals surface area contributed by atoms with Crippen molar-refractivity contribution >= 4 is 40.1 Å². The predicted octanol–water partition coefficient (Wildman–Crippen LogP) is 4.74. The molecule has 4 rings (SSSR count). The first-order valence-corrected chi connectivity index (χ1v) is 8.77. The Bertz CT molecular complexity index is 1080. The zero-order chi connectivity index (χ0) is 18.3. The van der Waals surface area contributed by atoms with Crippen molar-refractivity contribution in [2.45, 2.75) is 13.5 Å². The molecule has 130 valence electrons. The minimum atomic E-state index is 0.391. The van der Waals surface area contributed by atoms with E-state index in [9.17, 15) is 0 Å². The highest BCUT2D eigenvalue weighted by Crippen LogP contribution is 2.27. The number of benzene rings is 2. The standard InChI is InChI=1S/C19H15Cl2N5/c1-11-5-7-12(8-6-11)18-23-17(22)14-10-26(25-19(14)24-18)9-13-15(20)3-2-4-16(13)21/h2-8,10H,9H2,1H3,(H2,22,23,24,25). The predicted molar refractivity (Wildman–Crippen MR) is 105 cm³/mol. The first kappa shape index (κ1) is 16.8. The highest BCUT2D eigenvalue weighted by molar-refractivity contribution is 6.35. The average Bonchev–Trinajstić information content (AvgIpc) is 3.02. The number of anilines is 1. The normalized spacial score (nSPS) is 11.2. The summed E-state index contributed by atoms with van der Waals surface area (Å²) in [4.78, 5) is 8.97. The van der Waals surface area contributed by atoms with Gasteiger partial charge in [0, 0.05) is 27.4 Å². The fourth-order valence-electron chi connectivity index (χ4n) is 2.73. The Labute approximate surface area is 160 Å². The molecule has 0 fully saturated rings. The van der Waals surface area contributed by atoms with Crippen LogP contribution in [0.2, 0.25) is 10.0 Å². The van der Waals surface area contributed by atoms with Crippen LogP contribution >= 0.6 is 23.2 Å².